The molecule has 14 heavy (non-hydrogen) atoms. The lowest BCUT2D eigenvalue weighted by molar-refractivity contribution is 0.0694. The summed E-state index contributed by atoms with van der Waals surface area (Å²) in [5.74, 6) is -0.907. The number of carboxylic acids is 1. The smallest absolute Gasteiger partial charge is 0.339 e. The van der Waals surface area contributed by atoms with E-state index in [1.165, 1.54) is 0 Å². The molecule has 0 saturated heterocycles. The van der Waals surface area contributed by atoms with Crippen molar-refractivity contribution in [3.8, 4) is 0 Å². The van der Waals surface area contributed by atoms with E-state index in [1.807, 2.05) is 0 Å². The van der Waals surface area contributed by atoms with Gasteiger partial charge in [-0.3, -0.25) is 5.10 Å². The first kappa shape index (κ1) is 10.8. The Balaban J connectivity index is 3.04. The largest absolute Gasteiger partial charge is 0.478 e. The maximum absolute atomic E-state index is 10.9. The van der Waals surface area contributed by atoms with Crippen LogP contribution in [0.5, 0.6) is 0 Å². The first-order valence-corrected chi connectivity index (χ1v) is 4.58. The molecule has 78 valence electrons. The molecule has 0 unspecified atom stereocenters. The molecule has 1 aromatic rings. The minimum atomic E-state index is -0.907. The second-order valence-electron chi connectivity index (χ2n) is 4.71. The monoisotopic (exact) mass is 196 g/mol. The van der Waals surface area contributed by atoms with Crippen molar-refractivity contribution in [2.75, 3.05) is 0 Å². The van der Waals surface area contributed by atoms with Crippen molar-refractivity contribution >= 4 is 5.97 Å². The highest BCUT2D eigenvalue weighted by atomic mass is 16.4. The van der Waals surface area contributed by atoms with Gasteiger partial charge in [0, 0.05) is 5.69 Å². The van der Waals surface area contributed by atoms with E-state index in [-0.39, 0.29) is 5.41 Å². The summed E-state index contributed by atoms with van der Waals surface area (Å²) in [5, 5.41) is 15.7. The highest BCUT2D eigenvalue weighted by molar-refractivity contribution is 5.90. The summed E-state index contributed by atoms with van der Waals surface area (Å²) >= 11 is 0. The molecule has 0 bridgehead atoms. The standard InChI is InChI=1S/C10H16N2O2/c1-6-8(9(13)14)7(12-11-6)5-10(2,3)4/h5H2,1-4H3,(H,11,12)(H,13,14). The molecule has 0 saturated carbocycles. The average Bonchev–Trinajstić information content (AvgIpc) is 2.27. The van der Waals surface area contributed by atoms with Crippen molar-refractivity contribution < 1.29 is 9.90 Å². The summed E-state index contributed by atoms with van der Waals surface area (Å²) in [6.45, 7) is 7.90. The number of nitrogens with zero attached hydrogens (tertiary/aromatic N) is 1. The van der Waals surface area contributed by atoms with E-state index < -0.39 is 5.97 Å². The van der Waals surface area contributed by atoms with Gasteiger partial charge in [0.2, 0.25) is 0 Å². The van der Waals surface area contributed by atoms with Gasteiger partial charge in [-0.15, -0.1) is 0 Å². The van der Waals surface area contributed by atoms with Crippen LogP contribution in [0.2, 0.25) is 0 Å². The molecular weight excluding hydrogens is 180 g/mol. The van der Waals surface area contributed by atoms with Crippen LogP contribution in [0, 0.1) is 12.3 Å². The third kappa shape index (κ3) is 2.34. The summed E-state index contributed by atoms with van der Waals surface area (Å²) < 4.78 is 0. The number of aromatic nitrogens is 2. The van der Waals surface area contributed by atoms with Crippen LogP contribution in [0.4, 0.5) is 0 Å². The molecule has 4 heteroatoms. The van der Waals surface area contributed by atoms with E-state index >= 15 is 0 Å². The number of aromatic carboxylic acids is 1. The minimum absolute atomic E-state index is 0.0475. The molecule has 0 aliphatic heterocycles. The van der Waals surface area contributed by atoms with Crippen LogP contribution in [0.15, 0.2) is 0 Å². The van der Waals surface area contributed by atoms with Gasteiger partial charge in [0.25, 0.3) is 0 Å². The lowest BCUT2D eigenvalue weighted by Crippen LogP contribution is -2.12. The fourth-order valence-corrected chi connectivity index (χ4v) is 1.39. The Morgan fingerprint density at radius 1 is 1.50 bits per heavy atom. The van der Waals surface area contributed by atoms with Gasteiger partial charge in [0.1, 0.15) is 5.56 Å². The number of nitrogens with one attached hydrogen (secondary N) is 1. The van der Waals surface area contributed by atoms with Gasteiger partial charge in [0.05, 0.1) is 5.69 Å². The van der Waals surface area contributed by atoms with E-state index in [4.69, 9.17) is 5.11 Å². The molecule has 0 aliphatic rings. The second kappa shape index (κ2) is 3.44. The number of aromatic amines is 1. The molecule has 0 aliphatic carbocycles. The average molecular weight is 196 g/mol. The van der Waals surface area contributed by atoms with Gasteiger partial charge in [-0.2, -0.15) is 5.10 Å². The van der Waals surface area contributed by atoms with Crippen LogP contribution in [0.3, 0.4) is 0 Å². The predicted molar refractivity (Wildman–Crippen MR) is 53.4 cm³/mol. The molecular formula is C10H16N2O2. The zero-order valence-corrected chi connectivity index (χ0v) is 9.01. The van der Waals surface area contributed by atoms with E-state index in [1.54, 1.807) is 6.92 Å². The summed E-state index contributed by atoms with van der Waals surface area (Å²) in [7, 11) is 0. The summed E-state index contributed by atoms with van der Waals surface area (Å²) in [6, 6.07) is 0. The number of hydrogen-bond donors (Lipinski definition) is 2. The SMILES string of the molecule is Cc1[nH]nc(CC(C)(C)C)c1C(=O)O. The number of carbonyl (C=O) groups is 1. The van der Waals surface area contributed by atoms with Crippen LogP contribution < -0.4 is 0 Å². The fourth-order valence-electron chi connectivity index (χ4n) is 1.39. The predicted octanol–water partition coefficient (Wildman–Crippen LogP) is 2.00. The van der Waals surface area contributed by atoms with E-state index in [0.29, 0.717) is 23.4 Å². The number of rotatable bonds is 2. The van der Waals surface area contributed by atoms with Crippen LogP contribution in [0.1, 0.15) is 42.5 Å². The molecule has 0 aromatic carbocycles. The molecule has 4 nitrogen and oxygen atoms in total. The van der Waals surface area contributed by atoms with Crippen molar-refractivity contribution in [2.24, 2.45) is 5.41 Å². The van der Waals surface area contributed by atoms with Gasteiger partial charge in [-0.05, 0) is 18.8 Å². The van der Waals surface area contributed by atoms with Crippen LogP contribution in [0.25, 0.3) is 0 Å². The normalized spacial score (nSPS) is 11.7. The topological polar surface area (TPSA) is 66.0 Å². The summed E-state index contributed by atoms with van der Waals surface area (Å²) in [6.07, 6.45) is 0.666. The van der Waals surface area contributed by atoms with Crippen molar-refractivity contribution in [3.63, 3.8) is 0 Å². The third-order valence-electron chi connectivity index (χ3n) is 1.93. The quantitative estimate of drug-likeness (QED) is 0.760. The number of aryl methyl sites for hydroxylation is 1. The lowest BCUT2D eigenvalue weighted by Gasteiger charge is -2.16. The molecule has 0 spiro atoms. The van der Waals surface area contributed by atoms with Crippen molar-refractivity contribution in [1.29, 1.82) is 0 Å². The van der Waals surface area contributed by atoms with Gasteiger partial charge in [-0.25, -0.2) is 4.79 Å². The molecule has 0 amide bonds. The highest BCUT2D eigenvalue weighted by Gasteiger charge is 2.21. The third-order valence-corrected chi connectivity index (χ3v) is 1.93. The molecule has 0 atom stereocenters. The molecule has 0 radical (unpaired) electrons. The lowest BCUT2D eigenvalue weighted by atomic mass is 9.89. The van der Waals surface area contributed by atoms with E-state index in [0.717, 1.165) is 0 Å². The first-order valence-electron chi connectivity index (χ1n) is 4.58. The van der Waals surface area contributed by atoms with Gasteiger partial charge >= 0.3 is 5.97 Å². The number of H-pyrrole nitrogens is 1. The van der Waals surface area contributed by atoms with Crippen molar-refractivity contribution in [3.05, 3.63) is 17.0 Å². The Hall–Kier alpha value is -1.32. The molecule has 1 rings (SSSR count). The van der Waals surface area contributed by atoms with E-state index in [9.17, 15) is 4.79 Å². The Bertz CT molecular complexity index is 347. The van der Waals surface area contributed by atoms with Gasteiger partial charge in [-0.1, -0.05) is 20.8 Å². The molecule has 1 heterocycles. The van der Waals surface area contributed by atoms with Crippen molar-refractivity contribution in [2.45, 2.75) is 34.1 Å². The summed E-state index contributed by atoms with van der Waals surface area (Å²) in [4.78, 5) is 10.9. The number of hydrogen-bond acceptors (Lipinski definition) is 2. The highest BCUT2D eigenvalue weighted by Crippen LogP contribution is 2.22. The molecule has 1 aromatic heterocycles. The fraction of sp³-hybridized carbons (Fsp3) is 0.600. The maximum atomic E-state index is 10.9. The van der Waals surface area contributed by atoms with Gasteiger partial charge in [0.15, 0.2) is 0 Å². The van der Waals surface area contributed by atoms with E-state index in [2.05, 4.69) is 31.0 Å². The van der Waals surface area contributed by atoms with Crippen molar-refractivity contribution in [1.82, 2.24) is 10.2 Å². The Morgan fingerprint density at radius 3 is 2.50 bits per heavy atom. The minimum Gasteiger partial charge on any atom is -0.478 e. The maximum Gasteiger partial charge on any atom is 0.339 e. The molecule has 2 N–H and O–H groups in total. The van der Waals surface area contributed by atoms with Crippen LogP contribution in [-0.4, -0.2) is 21.3 Å². The number of carboxylic acid groups (broad SMARTS) is 1. The first-order chi connectivity index (χ1) is 6.31. The second-order valence-corrected chi connectivity index (χ2v) is 4.71. The Kier molecular flexibility index (Phi) is 2.64. The zero-order chi connectivity index (χ0) is 10.9. The van der Waals surface area contributed by atoms with Crippen LogP contribution >= 0.6 is 0 Å². The zero-order valence-electron chi connectivity index (χ0n) is 9.01. The molecule has 0 fully saturated rings. The Morgan fingerprint density at radius 2 is 2.07 bits per heavy atom. The van der Waals surface area contributed by atoms with Gasteiger partial charge < -0.3 is 5.11 Å². The van der Waals surface area contributed by atoms with Crippen LogP contribution in [-0.2, 0) is 6.42 Å². The Labute approximate surface area is 83.3 Å². The summed E-state index contributed by atoms with van der Waals surface area (Å²) in [5.41, 5.74) is 1.63.